The molecule has 0 spiro atoms. The molecule has 0 saturated carbocycles. The third-order valence-electron chi connectivity index (χ3n) is 5.04. The number of aliphatic hydroxyl groups is 3. The van der Waals surface area contributed by atoms with E-state index in [-0.39, 0.29) is 5.82 Å². The SMILES string of the molecule is CCCCCn1cc(-c2nc3c(N)ncnc3n2[C@@H]2O[C@H](CO)[C@@H](O)[C@H]2O)nn1. The second-order valence-corrected chi connectivity index (χ2v) is 7.04. The summed E-state index contributed by atoms with van der Waals surface area (Å²) in [7, 11) is 0. The summed E-state index contributed by atoms with van der Waals surface area (Å²) < 4.78 is 8.93. The summed E-state index contributed by atoms with van der Waals surface area (Å²) in [4.78, 5) is 12.7. The number of nitrogens with zero attached hydrogens (tertiary/aromatic N) is 7. The molecule has 3 aromatic rings. The maximum Gasteiger partial charge on any atom is 0.168 e. The maximum atomic E-state index is 10.5. The van der Waals surface area contributed by atoms with Crippen LogP contribution in [-0.2, 0) is 11.3 Å². The van der Waals surface area contributed by atoms with Gasteiger partial charge in [-0.15, -0.1) is 5.10 Å². The average molecular weight is 404 g/mol. The molecule has 1 aliphatic rings. The summed E-state index contributed by atoms with van der Waals surface area (Å²) in [6.45, 7) is 2.40. The van der Waals surface area contributed by atoms with Gasteiger partial charge in [0.15, 0.2) is 29.0 Å². The number of hydrogen-bond acceptors (Lipinski definition) is 10. The first kappa shape index (κ1) is 19.6. The topological polar surface area (TPSA) is 170 Å². The van der Waals surface area contributed by atoms with Crippen molar-refractivity contribution < 1.29 is 20.1 Å². The minimum Gasteiger partial charge on any atom is -0.394 e. The minimum absolute atomic E-state index is 0.164. The largest absolute Gasteiger partial charge is 0.394 e. The number of aryl methyl sites for hydroxylation is 1. The molecule has 1 aliphatic heterocycles. The lowest BCUT2D eigenvalue weighted by Gasteiger charge is -2.18. The van der Waals surface area contributed by atoms with Crippen LogP contribution >= 0.6 is 0 Å². The van der Waals surface area contributed by atoms with Crippen LogP contribution in [0.4, 0.5) is 5.82 Å². The zero-order valence-electron chi connectivity index (χ0n) is 16.0. The molecule has 3 aromatic heterocycles. The Kier molecular flexibility index (Phi) is 5.41. The van der Waals surface area contributed by atoms with Crippen molar-refractivity contribution in [2.45, 2.75) is 57.3 Å². The molecule has 4 atom stereocenters. The summed E-state index contributed by atoms with van der Waals surface area (Å²) in [5, 5.41) is 38.5. The van der Waals surface area contributed by atoms with Crippen molar-refractivity contribution >= 4 is 17.0 Å². The van der Waals surface area contributed by atoms with E-state index in [0.717, 1.165) is 25.8 Å². The van der Waals surface area contributed by atoms with Gasteiger partial charge in [0.05, 0.1) is 12.8 Å². The van der Waals surface area contributed by atoms with Crippen molar-refractivity contribution in [3.05, 3.63) is 12.5 Å². The lowest BCUT2D eigenvalue weighted by Crippen LogP contribution is -2.33. The number of hydrogen-bond donors (Lipinski definition) is 4. The van der Waals surface area contributed by atoms with Gasteiger partial charge in [0.25, 0.3) is 0 Å². The molecule has 0 amide bonds. The predicted molar refractivity (Wildman–Crippen MR) is 101 cm³/mol. The van der Waals surface area contributed by atoms with Gasteiger partial charge >= 0.3 is 0 Å². The maximum absolute atomic E-state index is 10.5. The van der Waals surface area contributed by atoms with Crippen LogP contribution in [0.3, 0.4) is 0 Å². The third kappa shape index (κ3) is 3.44. The molecular formula is C17H24N8O4. The van der Waals surface area contributed by atoms with E-state index in [9.17, 15) is 15.3 Å². The fourth-order valence-electron chi connectivity index (χ4n) is 3.48. The molecule has 0 radical (unpaired) electrons. The highest BCUT2D eigenvalue weighted by molar-refractivity contribution is 5.84. The van der Waals surface area contributed by atoms with Crippen LogP contribution < -0.4 is 5.73 Å². The number of ether oxygens (including phenoxy) is 1. The second kappa shape index (κ2) is 7.99. The van der Waals surface area contributed by atoms with Gasteiger partial charge in [0.2, 0.25) is 0 Å². The van der Waals surface area contributed by atoms with Gasteiger partial charge in [0.1, 0.15) is 30.3 Å². The Hall–Kier alpha value is -2.67. The molecule has 1 saturated heterocycles. The average Bonchev–Trinajstić information content (AvgIpc) is 3.40. The van der Waals surface area contributed by atoms with E-state index in [1.807, 2.05) is 0 Å². The van der Waals surface area contributed by atoms with E-state index in [2.05, 4.69) is 32.2 Å². The molecule has 0 aliphatic carbocycles. The van der Waals surface area contributed by atoms with Gasteiger partial charge in [0, 0.05) is 6.54 Å². The first-order chi connectivity index (χ1) is 14.0. The lowest BCUT2D eigenvalue weighted by molar-refractivity contribution is -0.0503. The fraction of sp³-hybridized carbons (Fsp3) is 0.588. The molecule has 0 unspecified atom stereocenters. The van der Waals surface area contributed by atoms with Crippen molar-refractivity contribution in [3.63, 3.8) is 0 Å². The molecule has 5 N–H and O–H groups in total. The van der Waals surface area contributed by atoms with Crippen LogP contribution in [0.2, 0.25) is 0 Å². The third-order valence-corrected chi connectivity index (χ3v) is 5.04. The number of aromatic nitrogens is 7. The number of fused-ring (bicyclic) bond motifs is 1. The van der Waals surface area contributed by atoms with Gasteiger partial charge in [-0.25, -0.2) is 15.0 Å². The Labute approximate surface area is 166 Å². The van der Waals surface area contributed by atoms with E-state index in [0.29, 0.717) is 22.7 Å². The number of nitrogens with two attached hydrogens (primary N) is 1. The van der Waals surface area contributed by atoms with Crippen molar-refractivity contribution in [1.29, 1.82) is 0 Å². The van der Waals surface area contributed by atoms with Crippen LogP contribution in [0.5, 0.6) is 0 Å². The summed E-state index contributed by atoms with van der Waals surface area (Å²) in [5.41, 5.74) is 7.04. The molecule has 0 bridgehead atoms. The summed E-state index contributed by atoms with van der Waals surface area (Å²) in [6, 6.07) is 0. The number of unbranched alkanes of at least 4 members (excludes halogenated alkanes) is 2. The molecule has 156 valence electrons. The quantitative estimate of drug-likeness (QED) is 0.375. The van der Waals surface area contributed by atoms with Crippen molar-refractivity contribution in [1.82, 2.24) is 34.5 Å². The predicted octanol–water partition coefficient (Wildman–Crippen LogP) is -0.531. The molecule has 4 rings (SSSR count). The van der Waals surface area contributed by atoms with E-state index in [1.165, 1.54) is 10.9 Å². The van der Waals surface area contributed by atoms with E-state index in [4.69, 9.17) is 10.5 Å². The van der Waals surface area contributed by atoms with Gasteiger partial charge in [-0.05, 0) is 6.42 Å². The number of anilines is 1. The molecular weight excluding hydrogens is 380 g/mol. The van der Waals surface area contributed by atoms with Gasteiger partial charge < -0.3 is 25.8 Å². The molecule has 12 heteroatoms. The Morgan fingerprint density at radius 2 is 2.03 bits per heavy atom. The summed E-state index contributed by atoms with van der Waals surface area (Å²) >= 11 is 0. The van der Waals surface area contributed by atoms with E-state index < -0.39 is 31.1 Å². The van der Waals surface area contributed by atoms with Crippen LogP contribution in [0, 0.1) is 0 Å². The van der Waals surface area contributed by atoms with E-state index >= 15 is 0 Å². The monoisotopic (exact) mass is 404 g/mol. The minimum atomic E-state index is -1.31. The molecule has 4 heterocycles. The van der Waals surface area contributed by atoms with Crippen molar-refractivity contribution in [2.75, 3.05) is 12.3 Å². The van der Waals surface area contributed by atoms with Gasteiger partial charge in [-0.2, -0.15) is 0 Å². The standard InChI is InChI=1S/C17H24N8O4/c1-2-3-4-5-24-6-9(22-23-24)15-21-11-14(18)19-8-20-16(11)25(15)17-13(28)12(27)10(7-26)29-17/h6,8,10,12-13,17,26-28H,2-5,7H2,1H3,(H2,18,19,20)/t10-,12-,13-,17-/m1/s1. The molecule has 1 fully saturated rings. The fourth-order valence-corrected chi connectivity index (χ4v) is 3.48. The van der Waals surface area contributed by atoms with E-state index in [1.54, 1.807) is 10.9 Å². The normalized spacial score (nSPS) is 24.6. The van der Waals surface area contributed by atoms with Crippen molar-refractivity contribution in [2.24, 2.45) is 0 Å². The number of nitrogen functional groups attached to an aromatic ring is 1. The number of rotatable bonds is 7. The van der Waals surface area contributed by atoms with Gasteiger partial charge in [-0.1, -0.05) is 25.0 Å². The highest BCUT2D eigenvalue weighted by atomic mass is 16.6. The second-order valence-electron chi connectivity index (χ2n) is 7.04. The van der Waals surface area contributed by atoms with Crippen molar-refractivity contribution in [3.8, 4) is 11.5 Å². The first-order valence-corrected chi connectivity index (χ1v) is 9.56. The number of aliphatic hydroxyl groups excluding tert-OH is 3. The highest BCUT2D eigenvalue weighted by Crippen LogP contribution is 2.36. The van der Waals surface area contributed by atoms with Crippen LogP contribution in [0.1, 0.15) is 32.4 Å². The lowest BCUT2D eigenvalue weighted by atomic mass is 10.1. The molecule has 0 aromatic carbocycles. The summed E-state index contributed by atoms with van der Waals surface area (Å²) in [6.07, 6.45) is 1.64. The Balaban J connectivity index is 1.78. The Morgan fingerprint density at radius 3 is 2.76 bits per heavy atom. The van der Waals surface area contributed by atoms with Gasteiger partial charge in [-0.3, -0.25) is 9.25 Å². The zero-order valence-corrected chi connectivity index (χ0v) is 16.0. The first-order valence-electron chi connectivity index (χ1n) is 9.56. The summed E-state index contributed by atoms with van der Waals surface area (Å²) in [5.74, 6) is 0.487. The zero-order chi connectivity index (χ0) is 20.5. The molecule has 29 heavy (non-hydrogen) atoms. The van der Waals surface area contributed by atoms with Crippen LogP contribution in [0.25, 0.3) is 22.7 Å². The smallest absolute Gasteiger partial charge is 0.168 e. The Morgan fingerprint density at radius 1 is 1.21 bits per heavy atom. The van der Waals surface area contributed by atoms with Crippen LogP contribution in [-0.4, -0.2) is 74.8 Å². The molecule has 12 nitrogen and oxygen atoms in total. The van der Waals surface area contributed by atoms with Crippen LogP contribution in [0.15, 0.2) is 12.5 Å². The highest BCUT2D eigenvalue weighted by Gasteiger charge is 2.45. The number of imidazole rings is 1. The Bertz CT molecular complexity index is 989.